The maximum atomic E-state index is 2.54. The summed E-state index contributed by atoms with van der Waals surface area (Å²) in [6.07, 6.45) is 1.38. The predicted octanol–water partition coefficient (Wildman–Crippen LogP) is 3.46. The van der Waals surface area contributed by atoms with Crippen molar-refractivity contribution in [3.8, 4) is 0 Å². The summed E-state index contributed by atoms with van der Waals surface area (Å²) in [6.45, 7) is 2.41. The van der Waals surface area contributed by atoms with E-state index in [4.69, 9.17) is 0 Å². The smallest absolute Gasteiger partial charge is 0.0366 e. The van der Waals surface area contributed by atoms with Crippen LogP contribution in [-0.2, 0) is 5.41 Å². The molecular formula is C17H17N. The summed E-state index contributed by atoms with van der Waals surface area (Å²) in [5, 5.41) is 0. The fourth-order valence-electron chi connectivity index (χ4n) is 3.54. The summed E-state index contributed by atoms with van der Waals surface area (Å²) < 4.78 is 0. The van der Waals surface area contributed by atoms with E-state index in [0.717, 1.165) is 5.92 Å². The van der Waals surface area contributed by atoms with Crippen LogP contribution in [0.25, 0.3) is 0 Å². The molecular weight excluding hydrogens is 218 g/mol. The van der Waals surface area contributed by atoms with E-state index in [0.29, 0.717) is 5.41 Å². The third-order valence-electron chi connectivity index (χ3n) is 4.62. The van der Waals surface area contributed by atoms with Gasteiger partial charge in [-0.15, -0.1) is 0 Å². The highest BCUT2D eigenvalue weighted by atomic mass is 15.2. The maximum absolute atomic E-state index is 2.54. The Kier molecular flexibility index (Phi) is 2.05. The first kappa shape index (κ1) is 10.2. The zero-order valence-electron chi connectivity index (χ0n) is 10.4. The van der Waals surface area contributed by atoms with Gasteiger partial charge < -0.3 is 4.90 Å². The van der Waals surface area contributed by atoms with Gasteiger partial charge in [0.1, 0.15) is 0 Å². The van der Waals surface area contributed by atoms with Gasteiger partial charge in [0.05, 0.1) is 0 Å². The quantitative estimate of drug-likeness (QED) is 0.770. The van der Waals surface area contributed by atoms with Crippen LogP contribution in [0.5, 0.6) is 0 Å². The van der Waals surface area contributed by atoms with E-state index in [1.54, 1.807) is 0 Å². The van der Waals surface area contributed by atoms with Crippen molar-refractivity contribution >= 4 is 5.69 Å². The molecule has 0 bridgehead atoms. The number of anilines is 1. The van der Waals surface area contributed by atoms with Crippen LogP contribution in [0.2, 0.25) is 0 Å². The molecule has 18 heavy (non-hydrogen) atoms. The van der Waals surface area contributed by atoms with Gasteiger partial charge in [-0.1, -0.05) is 48.5 Å². The minimum absolute atomic E-state index is 0.455. The van der Waals surface area contributed by atoms with Gasteiger partial charge in [-0.3, -0.25) is 0 Å². The average molecular weight is 235 g/mol. The monoisotopic (exact) mass is 235 g/mol. The van der Waals surface area contributed by atoms with Gasteiger partial charge >= 0.3 is 0 Å². The van der Waals surface area contributed by atoms with Gasteiger partial charge in [0.2, 0.25) is 0 Å². The summed E-state index contributed by atoms with van der Waals surface area (Å²) in [6, 6.07) is 21.9. The first-order valence-electron chi connectivity index (χ1n) is 6.74. The molecule has 0 aromatic heterocycles. The lowest BCUT2D eigenvalue weighted by molar-refractivity contribution is 0.716. The summed E-state index contributed by atoms with van der Waals surface area (Å²) in [5.74, 6) is 0.861. The molecule has 1 saturated heterocycles. The standard InChI is InChI=1S/C17H17N/c1-3-7-14(8-4-1)17-11-15(17)12-18(13-17)16-9-5-2-6-10-16/h1-10,15H,11-13H2. The van der Waals surface area contributed by atoms with E-state index in [9.17, 15) is 0 Å². The zero-order valence-corrected chi connectivity index (χ0v) is 10.4. The van der Waals surface area contributed by atoms with Crippen molar-refractivity contribution in [1.82, 2.24) is 0 Å². The van der Waals surface area contributed by atoms with E-state index in [1.807, 2.05) is 0 Å². The van der Waals surface area contributed by atoms with Gasteiger partial charge in [0, 0.05) is 24.2 Å². The van der Waals surface area contributed by atoms with Gasteiger partial charge in [-0.05, 0) is 30.0 Å². The van der Waals surface area contributed by atoms with Crippen molar-refractivity contribution in [3.05, 3.63) is 66.2 Å². The lowest BCUT2D eigenvalue weighted by atomic mass is 9.95. The van der Waals surface area contributed by atoms with Gasteiger partial charge in [-0.25, -0.2) is 0 Å². The molecule has 1 heteroatoms. The second kappa shape index (κ2) is 3.61. The van der Waals surface area contributed by atoms with Crippen molar-refractivity contribution in [2.45, 2.75) is 11.8 Å². The molecule has 0 amide bonds. The molecule has 1 saturated carbocycles. The number of benzene rings is 2. The van der Waals surface area contributed by atoms with E-state index < -0.39 is 0 Å². The minimum atomic E-state index is 0.455. The molecule has 90 valence electrons. The molecule has 1 nitrogen and oxygen atoms in total. The molecule has 1 heterocycles. The second-order valence-corrected chi connectivity index (χ2v) is 5.64. The predicted molar refractivity (Wildman–Crippen MR) is 74.9 cm³/mol. The van der Waals surface area contributed by atoms with Crippen molar-refractivity contribution < 1.29 is 0 Å². The SMILES string of the molecule is c1ccc(N2CC3CC3(c3ccccc3)C2)cc1. The topological polar surface area (TPSA) is 3.24 Å². The third kappa shape index (κ3) is 1.40. The molecule has 4 rings (SSSR count). The number of rotatable bonds is 2. The number of piperidine rings is 1. The summed E-state index contributed by atoms with van der Waals surface area (Å²) in [4.78, 5) is 2.54. The highest BCUT2D eigenvalue weighted by molar-refractivity contribution is 5.53. The molecule has 0 N–H and O–H groups in total. The summed E-state index contributed by atoms with van der Waals surface area (Å²) in [5.41, 5.74) is 3.37. The first-order chi connectivity index (χ1) is 8.88. The van der Waals surface area contributed by atoms with Crippen LogP contribution in [0.3, 0.4) is 0 Å². The number of hydrogen-bond donors (Lipinski definition) is 0. The first-order valence-corrected chi connectivity index (χ1v) is 6.74. The molecule has 2 aromatic rings. The Morgan fingerprint density at radius 1 is 0.889 bits per heavy atom. The number of nitrogens with zero attached hydrogens (tertiary/aromatic N) is 1. The van der Waals surface area contributed by atoms with Crippen molar-refractivity contribution in [3.63, 3.8) is 0 Å². The molecule has 0 radical (unpaired) electrons. The van der Waals surface area contributed by atoms with Gasteiger partial charge in [-0.2, -0.15) is 0 Å². The Balaban J connectivity index is 1.62. The normalized spacial score (nSPS) is 29.1. The van der Waals surface area contributed by atoms with Crippen LogP contribution >= 0.6 is 0 Å². The molecule has 2 unspecified atom stereocenters. The molecule has 0 spiro atoms. The van der Waals surface area contributed by atoms with Crippen molar-refractivity contribution in [1.29, 1.82) is 0 Å². The number of hydrogen-bond acceptors (Lipinski definition) is 1. The maximum Gasteiger partial charge on any atom is 0.0366 e. The van der Waals surface area contributed by atoms with E-state index in [2.05, 4.69) is 65.6 Å². The average Bonchev–Trinajstić information content (AvgIpc) is 3.03. The van der Waals surface area contributed by atoms with Crippen LogP contribution < -0.4 is 4.90 Å². The van der Waals surface area contributed by atoms with Crippen LogP contribution in [0.1, 0.15) is 12.0 Å². The Labute approximate surface area is 108 Å². The lowest BCUT2D eigenvalue weighted by Gasteiger charge is -2.23. The fourth-order valence-corrected chi connectivity index (χ4v) is 3.54. The van der Waals surface area contributed by atoms with Crippen LogP contribution in [0.15, 0.2) is 60.7 Å². The number of fused-ring (bicyclic) bond motifs is 1. The summed E-state index contributed by atoms with van der Waals surface area (Å²) >= 11 is 0. The van der Waals surface area contributed by atoms with E-state index in [1.165, 1.54) is 30.8 Å². The summed E-state index contributed by atoms with van der Waals surface area (Å²) in [7, 11) is 0. The Morgan fingerprint density at radius 2 is 1.56 bits per heavy atom. The second-order valence-electron chi connectivity index (χ2n) is 5.64. The highest BCUT2D eigenvalue weighted by Gasteiger charge is 2.60. The Hall–Kier alpha value is -1.76. The molecule has 1 aliphatic heterocycles. The molecule has 2 fully saturated rings. The molecule has 1 aliphatic carbocycles. The van der Waals surface area contributed by atoms with Crippen LogP contribution in [0, 0.1) is 5.92 Å². The third-order valence-corrected chi connectivity index (χ3v) is 4.62. The highest BCUT2D eigenvalue weighted by Crippen LogP contribution is 2.59. The van der Waals surface area contributed by atoms with Crippen molar-refractivity contribution in [2.24, 2.45) is 5.92 Å². The molecule has 2 atom stereocenters. The lowest BCUT2D eigenvalue weighted by Crippen LogP contribution is -2.26. The molecule has 2 aliphatic rings. The number of para-hydroxylation sites is 1. The Bertz CT molecular complexity index is 548. The molecule has 2 aromatic carbocycles. The van der Waals surface area contributed by atoms with Crippen LogP contribution in [-0.4, -0.2) is 13.1 Å². The zero-order chi connectivity index (χ0) is 12.0. The van der Waals surface area contributed by atoms with Gasteiger partial charge in [0.25, 0.3) is 0 Å². The van der Waals surface area contributed by atoms with Gasteiger partial charge in [0.15, 0.2) is 0 Å². The minimum Gasteiger partial charge on any atom is -0.370 e. The largest absolute Gasteiger partial charge is 0.370 e. The van der Waals surface area contributed by atoms with E-state index >= 15 is 0 Å². The van der Waals surface area contributed by atoms with Crippen LogP contribution in [0.4, 0.5) is 5.69 Å². The fraction of sp³-hybridized carbons (Fsp3) is 0.294. The van der Waals surface area contributed by atoms with E-state index in [-0.39, 0.29) is 0 Å². The Morgan fingerprint density at radius 3 is 2.28 bits per heavy atom. The van der Waals surface area contributed by atoms with Crippen molar-refractivity contribution in [2.75, 3.05) is 18.0 Å².